The topological polar surface area (TPSA) is 80.7 Å². The predicted molar refractivity (Wildman–Crippen MR) is 71.4 cm³/mol. The van der Waals surface area contributed by atoms with Crippen molar-refractivity contribution >= 4 is 17.6 Å². The van der Waals surface area contributed by atoms with Gasteiger partial charge in [-0.1, -0.05) is 5.16 Å². The highest BCUT2D eigenvalue weighted by Gasteiger charge is 2.33. The minimum absolute atomic E-state index is 0.0972. The number of nitrogens with zero attached hydrogens (tertiary/aromatic N) is 2. The van der Waals surface area contributed by atoms with E-state index in [4.69, 9.17) is 15.7 Å². The van der Waals surface area contributed by atoms with Gasteiger partial charge in [-0.2, -0.15) is 13.2 Å². The Kier molecular flexibility index (Phi) is 4.94. The minimum atomic E-state index is -4.53. The van der Waals surface area contributed by atoms with Gasteiger partial charge in [-0.3, -0.25) is 0 Å². The molecule has 2 heterocycles. The summed E-state index contributed by atoms with van der Waals surface area (Å²) in [6.45, 7) is 1.13. The van der Waals surface area contributed by atoms with Gasteiger partial charge < -0.3 is 15.7 Å². The van der Waals surface area contributed by atoms with Crippen LogP contribution >= 0.6 is 11.8 Å². The number of hydrogen-bond acceptors (Lipinski definition) is 5. The number of rotatable bonds is 3. The summed E-state index contributed by atoms with van der Waals surface area (Å²) in [4.78, 5) is 3.63. The van der Waals surface area contributed by atoms with Crippen LogP contribution < -0.4 is 5.73 Å². The summed E-state index contributed by atoms with van der Waals surface area (Å²) in [6, 6.07) is 1.99. The van der Waals surface area contributed by atoms with Gasteiger partial charge in [0.2, 0.25) is 0 Å². The van der Waals surface area contributed by atoms with Crippen molar-refractivity contribution in [2.75, 3.05) is 13.2 Å². The Morgan fingerprint density at radius 1 is 1.38 bits per heavy atom. The van der Waals surface area contributed by atoms with E-state index in [0.717, 1.165) is 18.9 Å². The average Bonchev–Trinajstić information content (AvgIpc) is 2.46. The highest BCUT2D eigenvalue weighted by molar-refractivity contribution is 7.99. The van der Waals surface area contributed by atoms with Crippen molar-refractivity contribution in [3.63, 3.8) is 0 Å². The van der Waals surface area contributed by atoms with E-state index in [0.29, 0.717) is 13.2 Å². The van der Waals surface area contributed by atoms with Crippen LogP contribution in [0.15, 0.2) is 22.3 Å². The zero-order valence-electron chi connectivity index (χ0n) is 10.9. The summed E-state index contributed by atoms with van der Waals surface area (Å²) < 4.78 is 43.5. The fourth-order valence-electron chi connectivity index (χ4n) is 1.89. The first-order chi connectivity index (χ1) is 9.91. The van der Waals surface area contributed by atoms with Crippen LogP contribution in [-0.2, 0) is 10.9 Å². The molecule has 1 aromatic rings. The summed E-state index contributed by atoms with van der Waals surface area (Å²) >= 11 is 1.20. The highest BCUT2D eigenvalue weighted by Crippen LogP contribution is 2.34. The van der Waals surface area contributed by atoms with Gasteiger partial charge >= 0.3 is 6.18 Å². The number of ether oxygens (including phenoxy) is 1. The molecule has 1 aromatic heterocycles. The smallest absolute Gasteiger partial charge is 0.409 e. The second kappa shape index (κ2) is 6.52. The molecule has 0 unspecified atom stereocenters. The van der Waals surface area contributed by atoms with Crippen molar-refractivity contribution in [3.8, 4) is 0 Å². The molecule has 2 rings (SSSR count). The molecule has 3 N–H and O–H groups in total. The molecule has 0 radical (unpaired) electrons. The van der Waals surface area contributed by atoms with Crippen LogP contribution in [0.2, 0.25) is 0 Å². The van der Waals surface area contributed by atoms with Crippen LogP contribution in [0.4, 0.5) is 13.2 Å². The first kappa shape index (κ1) is 15.9. The van der Waals surface area contributed by atoms with Gasteiger partial charge in [0.05, 0.1) is 5.56 Å². The maximum Gasteiger partial charge on any atom is 0.433 e. The molecule has 0 amide bonds. The molecule has 21 heavy (non-hydrogen) atoms. The number of nitrogens with two attached hydrogens (primary N) is 1. The molecule has 9 heteroatoms. The Bertz CT molecular complexity index is 531. The van der Waals surface area contributed by atoms with E-state index < -0.39 is 11.9 Å². The second-order valence-corrected chi connectivity index (χ2v) is 5.75. The van der Waals surface area contributed by atoms with Crippen LogP contribution in [-0.4, -0.2) is 34.5 Å². The standard InChI is InChI=1S/C12H14F3N3O2S/c13-12(14,15)9-2-1-8(10(16)18-19)11(17-9)21-7-3-5-20-6-4-7/h1-2,7,19H,3-6H2,(H2,16,18). The van der Waals surface area contributed by atoms with E-state index in [-0.39, 0.29) is 21.7 Å². The van der Waals surface area contributed by atoms with Gasteiger partial charge in [-0.25, -0.2) is 4.98 Å². The lowest BCUT2D eigenvalue weighted by molar-refractivity contribution is -0.141. The number of halogens is 3. The Morgan fingerprint density at radius 3 is 2.62 bits per heavy atom. The van der Waals surface area contributed by atoms with Crippen molar-refractivity contribution in [2.45, 2.75) is 29.3 Å². The Balaban J connectivity index is 2.33. The minimum Gasteiger partial charge on any atom is -0.409 e. The van der Waals surface area contributed by atoms with Crippen molar-refractivity contribution in [2.24, 2.45) is 10.9 Å². The molecule has 5 nitrogen and oxygen atoms in total. The molecule has 1 aliphatic heterocycles. The van der Waals surface area contributed by atoms with E-state index in [1.165, 1.54) is 17.8 Å². The number of thioether (sulfide) groups is 1. The van der Waals surface area contributed by atoms with Gasteiger partial charge in [0.1, 0.15) is 10.7 Å². The maximum absolute atomic E-state index is 12.8. The lowest BCUT2D eigenvalue weighted by Crippen LogP contribution is -2.21. The van der Waals surface area contributed by atoms with Gasteiger partial charge in [-0.15, -0.1) is 11.8 Å². The van der Waals surface area contributed by atoms with Gasteiger partial charge in [0.25, 0.3) is 0 Å². The molecule has 0 atom stereocenters. The molecule has 0 aliphatic carbocycles. The van der Waals surface area contributed by atoms with Crippen LogP contribution in [0.1, 0.15) is 24.1 Å². The van der Waals surface area contributed by atoms with E-state index in [1.54, 1.807) is 0 Å². The summed E-state index contributed by atoms with van der Waals surface area (Å²) in [6.07, 6.45) is -3.09. The Hall–Kier alpha value is -1.48. The first-order valence-electron chi connectivity index (χ1n) is 6.22. The summed E-state index contributed by atoms with van der Waals surface area (Å²) in [5.74, 6) is -0.259. The molecular weight excluding hydrogens is 307 g/mol. The molecule has 116 valence electrons. The third-order valence-electron chi connectivity index (χ3n) is 2.98. The van der Waals surface area contributed by atoms with Crippen LogP contribution in [0.25, 0.3) is 0 Å². The van der Waals surface area contributed by atoms with Gasteiger partial charge in [0.15, 0.2) is 5.84 Å². The lowest BCUT2D eigenvalue weighted by atomic mass is 10.2. The molecule has 0 spiro atoms. The summed E-state index contributed by atoms with van der Waals surface area (Å²) in [7, 11) is 0. The van der Waals surface area contributed by atoms with E-state index in [9.17, 15) is 13.2 Å². The van der Waals surface area contributed by atoms with E-state index >= 15 is 0 Å². The predicted octanol–water partition coefficient (Wildman–Crippen LogP) is 2.47. The van der Waals surface area contributed by atoms with E-state index in [2.05, 4.69) is 10.1 Å². The van der Waals surface area contributed by atoms with Gasteiger partial charge in [0, 0.05) is 18.5 Å². The third kappa shape index (κ3) is 4.01. The third-order valence-corrected chi connectivity index (χ3v) is 4.32. The largest absolute Gasteiger partial charge is 0.433 e. The molecule has 0 aromatic carbocycles. The number of aromatic nitrogens is 1. The zero-order valence-corrected chi connectivity index (χ0v) is 11.7. The van der Waals surface area contributed by atoms with Gasteiger partial charge in [-0.05, 0) is 25.0 Å². The Morgan fingerprint density at radius 2 is 2.05 bits per heavy atom. The quantitative estimate of drug-likeness (QED) is 0.387. The molecule has 0 bridgehead atoms. The zero-order chi connectivity index (χ0) is 15.5. The molecule has 1 aliphatic rings. The monoisotopic (exact) mass is 321 g/mol. The fourth-order valence-corrected chi connectivity index (χ4v) is 3.08. The number of oxime groups is 1. The Labute approximate surface area is 123 Å². The lowest BCUT2D eigenvalue weighted by Gasteiger charge is -2.22. The maximum atomic E-state index is 12.8. The van der Waals surface area contributed by atoms with Crippen molar-refractivity contribution in [1.82, 2.24) is 4.98 Å². The SMILES string of the molecule is NC(=NO)c1ccc(C(F)(F)F)nc1SC1CCOCC1. The number of hydrogen-bond donors (Lipinski definition) is 2. The molecule has 1 saturated heterocycles. The van der Waals surface area contributed by atoms with Crippen molar-refractivity contribution < 1.29 is 23.1 Å². The normalized spacial score (nSPS) is 18.0. The van der Waals surface area contributed by atoms with Crippen molar-refractivity contribution in [1.29, 1.82) is 0 Å². The number of alkyl halides is 3. The molecule has 1 fully saturated rings. The summed E-state index contributed by atoms with van der Waals surface area (Å²) in [5.41, 5.74) is 4.70. The molecular formula is C12H14F3N3O2S. The second-order valence-electron chi connectivity index (χ2n) is 4.46. The molecule has 0 saturated carbocycles. The first-order valence-corrected chi connectivity index (χ1v) is 7.10. The van der Waals surface area contributed by atoms with Crippen molar-refractivity contribution in [3.05, 3.63) is 23.4 Å². The summed E-state index contributed by atoms with van der Waals surface area (Å²) in [5, 5.41) is 11.8. The average molecular weight is 321 g/mol. The van der Waals surface area contributed by atoms with Crippen LogP contribution in [0, 0.1) is 0 Å². The number of pyridine rings is 1. The number of amidine groups is 1. The fraction of sp³-hybridized carbons (Fsp3) is 0.500. The van der Waals surface area contributed by atoms with Crippen LogP contribution in [0.3, 0.4) is 0 Å². The van der Waals surface area contributed by atoms with Crippen LogP contribution in [0.5, 0.6) is 0 Å². The highest BCUT2D eigenvalue weighted by atomic mass is 32.2. The van der Waals surface area contributed by atoms with E-state index in [1.807, 2.05) is 0 Å².